The first-order valence-corrected chi connectivity index (χ1v) is 11.6. The number of nitrogens with one attached hydrogen (secondary N) is 1. The van der Waals surface area contributed by atoms with E-state index >= 15 is 0 Å². The molecule has 4 rings (SSSR count). The van der Waals surface area contributed by atoms with E-state index in [-0.39, 0.29) is 29.6 Å². The fourth-order valence-corrected chi connectivity index (χ4v) is 4.24. The van der Waals surface area contributed by atoms with Gasteiger partial charge in [-0.25, -0.2) is 13.1 Å². The summed E-state index contributed by atoms with van der Waals surface area (Å²) in [5, 5.41) is 23.5. The van der Waals surface area contributed by atoms with Gasteiger partial charge in [-0.3, -0.25) is 10.1 Å². The van der Waals surface area contributed by atoms with Crippen LogP contribution in [0.15, 0.2) is 59.5 Å². The third-order valence-electron chi connectivity index (χ3n) is 4.86. The van der Waals surface area contributed by atoms with Gasteiger partial charge in [0.1, 0.15) is 6.61 Å². The largest absolute Gasteiger partial charge is 0.493 e. The first-order chi connectivity index (χ1) is 16.8. The van der Waals surface area contributed by atoms with Gasteiger partial charge in [0.2, 0.25) is 15.9 Å². The highest BCUT2D eigenvalue weighted by Crippen LogP contribution is 2.31. The lowest BCUT2D eigenvalue weighted by Gasteiger charge is -2.09. The number of aromatic nitrogens is 4. The number of non-ortho nitro benzene ring substituents is 1. The lowest BCUT2D eigenvalue weighted by Crippen LogP contribution is -2.28. The standard InChI is InChI=1S/C21H20N6O7S/c1-32-17-7-6-14(12-18(17)33-2)21-24-23-19-8-9-20(25-26(19)21)34-11-10-22-35(30,31)16-5-3-4-15(13-16)27(28)29/h3-9,12-13,22H,10-11H2,1-2H3. The highest BCUT2D eigenvalue weighted by molar-refractivity contribution is 7.89. The van der Waals surface area contributed by atoms with E-state index in [0.717, 1.165) is 6.07 Å². The average Bonchev–Trinajstić information content (AvgIpc) is 3.29. The van der Waals surface area contributed by atoms with Crippen molar-refractivity contribution in [3.05, 3.63) is 64.7 Å². The molecule has 0 radical (unpaired) electrons. The third kappa shape index (κ3) is 5.12. The van der Waals surface area contributed by atoms with Gasteiger partial charge < -0.3 is 14.2 Å². The summed E-state index contributed by atoms with van der Waals surface area (Å²) in [6.45, 7) is -0.129. The molecule has 0 aliphatic rings. The van der Waals surface area contributed by atoms with Crippen LogP contribution in [0.3, 0.4) is 0 Å². The molecule has 13 nitrogen and oxygen atoms in total. The number of sulfonamides is 1. The summed E-state index contributed by atoms with van der Waals surface area (Å²) in [6, 6.07) is 13.3. The Morgan fingerprint density at radius 1 is 1.03 bits per heavy atom. The van der Waals surface area contributed by atoms with Crippen molar-refractivity contribution in [2.24, 2.45) is 0 Å². The number of methoxy groups -OCH3 is 2. The molecular weight excluding hydrogens is 480 g/mol. The molecule has 0 aliphatic carbocycles. The van der Waals surface area contributed by atoms with E-state index in [1.807, 2.05) is 0 Å². The predicted octanol–water partition coefficient (Wildman–Crippen LogP) is 2.07. The number of nitro benzene ring substituents is 1. The number of fused-ring (bicyclic) bond motifs is 1. The normalized spacial score (nSPS) is 11.4. The number of benzene rings is 2. The van der Waals surface area contributed by atoms with Gasteiger partial charge in [0.05, 0.1) is 24.0 Å². The Labute approximate surface area is 199 Å². The predicted molar refractivity (Wildman–Crippen MR) is 123 cm³/mol. The topological polar surface area (TPSA) is 160 Å². The zero-order valence-corrected chi connectivity index (χ0v) is 19.4. The second-order valence-electron chi connectivity index (χ2n) is 7.04. The maximum atomic E-state index is 12.4. The van der Waals surface area contributed by atoms with Crippen molar-refractivity contribution in [3.8, 4) is 28.8 Å². The molecule has 0 aliphatic heterocycles. The second kappa shape index (κ2) is 9.90. The van der Waals surface area contributed by atoms with E-state index < -0.39 is 14.9 Å². The van der Waals surface area contributed by atoms with Crippen LogP contribution in [0.5, 0.6) is 17.4 Å². The molecule has 0 fully saturated rings. The lowest BCUT2D eigenvalue weighted by atomic mass is 10.2. The summed E-state index contributed by atoms with van der Waals surface area (Å²) in [7, 11) is -0.884. The summed E-state index contributed by atoms with van der Waals surface area (Å²) in [4.78, 5) is 10.0. The molecule has 2 aromatic heterocycles. The molecule has 14 heteroatoms. The summed E-state index contributed by atoms with van der Waals surface area (Å²) < 4.78 is 44.8. The smallest absolute Gasteiger partial charge is 0.270 e. The van der Waals surface area contributed by atoms with E-state index in [1.165, 1.54) is 29.8 Å². The molecule has 4 aromatic rings. The number of hydrogen-bond acceptors (Lipinski definition) is 10. The Morgan fingerprint density at radius 3 is 2.57 bits per heavy atom. The lowest BCUT2D eigenvalue weighted by molar-refractivity contribution is -0.385. The number of ether oxygens (including phenoxy) is 3. The molecule has 35 heavy (non-hydrogen) atoms. The Kier molecular flexibility index (Phi) is 6.75. The van der Waals surface area contributed by atoms with E-state index in [9.17, 15) is 18.5 Å². The van der Waals surface area contributed by atoms with Gasteiger partial charge in [0, 0.05) is 30.3 Å². The SMILES string of the molecule is COc1ccc(-c2nnc3ccc(OCCNS(=O)(=O)c4cccc([N+](=O)[O-])c4)nn23)cc1OC. The minimum absolute atomic E-state index is 0.0412. The fraction of sp³-hybridized carbons (Fsp3) is 0.190. The minimum atomic E-state index is -3.95. The highest BCUT2D eigenvalue weighted by Gasteiger charge is 2.18. The van der Waals surface area contributed by atoms with Gasteiger partial charge in [-0.2, -0.15) is 4.52 Å². The van der Waals surface area contributed by atoms with Crippen molar-refractivity contribution in [2.75, 3.05) is 27.4 Å². The van der Waals surface area contributed by atoms with Gasteiger partial charge in [0.15, 0.2) is 23.0 Å². The van der Waals surface area contributed by atoms with Crippen LogP contribution in [-0.2, 0) is 10.0 Å². The molecule has 182 valence electrons. The van der Waals surface area contributed by atoms with Crippen LogP contribution in [0.1, 0.15) is 0 Å². The van der Waals surface area contributed by atoms with Gasteiger partial charge in [0.25, 0.3) is 5.69 Å². The molecule has 0 atom stereocenters. The third-order valence-corrected chi connectivity index (χ3v) is 6.32. The Bertz CT molecular complexity index is 1490. The van der Waals surface area contributed by atoms with Crippen molar-refractivity contribution in [2.45, 2.75) is 4.90 Å². The van der Waals surface area contributed by atoms with Crippen LogP contribution < -0.4 is 18.9 Å². The van der Waals surface area contributed by atoms with Crippen LogP contribution in [0.2, 0.25) is 0 Å². The maximum absolute atomic E-state index is 12.4. The van der Waals surface area contributed by atoms with Crippen molar-refractivity contribution in [1.82, 2.24) is 24.5 Å². The summed E-state index contributed by atoms with van der Waals surface area (Å²) in [5.74, 6) is 1.74. The van der Waals surface area contributed by atoms with Crippen molar-refractivity contribution in [1.29, 1.82) is 0 Å². The molecule has 2 aromatic carbocycles. The molecule has 0 saturated heterocycles. The van der Waals surface area contributed by atoms with Gasteiger partial charge in [-0.05, 0) is 30.3 Å². The highest BCUT2D eigenvalue weighted by atomic mass is 32.2. The van der Waals surface area contributed by atoms with Crippen molar-refractivity contribution < 1.29 is 27.6 Å². The number of nitro groups is 1. The maximum Gasteiger partial charge on any atom is 0.270 e. The van der Waals surface area contributed by atoms with Crippen LogP contribution in [0.25, 0.3) is 17.0 Å². The van der Waals surface area contributed by atoms with E-state index in [4.69, 9.17) is 14.2 Å². The summed E-state index contributed by atoms with van der Waals surface area (Å²) >= 11 is 0. The summed E-state index contributed by atoms with van der Waals surface area (Å²) in [5.41, 5.74) is 0.846. The van der Waals surface area contributed by atoms with E-state index in [1.54, 1.807) is 37.4 Å². The van der Waals surface area contributed by atoms with Gasteiger partial charge >= 0.3 is 0 Å². The molecule has 2 heterocycles. The van der Waals surface area contributed by atoms with Gasteiger partial charge in [-0.15, -0.1) is 15.3 Å². The zero-order valence-electron chi connectivity index (χ0n) is 18.6. The van der Waals surface area contributed by atoms with Crippen molar-refractivity contribution >= 4 is 21.4 Å². The number of rotatable bonds is 10. The number of hydrogen-bond donors (Lipinski definition) is 1. The summed E-state index contributed by atoms with van der Waals surface area (Å²) in [6.07, 6.45) is 0. The van der Waals surface area contributed by atoms with Crippen LogP contribution in [0.4, 0.5) is 5.69 Å². The Hall–Kier alpha value is -4.30. The molecule has 0 amide bonds. The van der Waals surface area contributed by atoms with Crippen molar-refractivity contribution in [3.63, 3.8) is 0 Å². The Balaban J connectivity index is 1.45. The molecular formula is C21H20N6O7S. The molecule has 1 N–H and O–H groups in total. The second-order valence-corrected chi connectivity index (χ2v) is 8.80. The first kappa shape index (κ1) is 23.8. The molecule has 0 spiro atoms. The molecule has 0 unspecified atom stereocenters. The molecule has 0 bridgehead atoms. The average molecular weight is 500 g/mol. The molecule has 0 saturated carbocycles. The quantitative estimate of drug-likeness (QED) is 0.194. The van der Waals surface area contributed by atoms with E-state index in [0.29, 0.717) is 28.5 Å². The minimum Gasteiger partial charge on any atom is -0.493 e. The fourth-order valence-electron chi connectivity index (χ4n) is 3.18. The first-order valence-electron chi connectivity index (χ1n) is 10.1. The van der Waals surface area contributed by atoms with Crippen LogP contribution >= 0.6 is 0 Å². The van der Waals surface area contributed by atoms with Crippen LogP contribution in [-0.4, -0.2) is 60.5 Å². The number of nitrogens with zero attached hydrogens (tertiary/aromatic N) is 5. The Morgan fingerprint density at radius 2 is 1.83 bits per heavy atom. The van der Waals surface area contributed by atoms with Crippen LogP contribution in [0, 0.1) is 10.1 Å². The van der Waals surface area contributed by atoms with E-state index in [2.05, 4.69) is 20.0 Å². The van der Waals surface area contributed by atoms with Gasteiger partial charge in [-0.1, -0.05) is 6.07 Å². The monoisotopic (exact) mass is 500 g/mol. The zero-order chi connectivity index (χ0) is 25.0.